The Kier molecular flexibility index (Phi) is 5.78. The normalized spacial score (nSPS) is 17.1. The van der Waals surface area contributed by atoms with Crippen LogP contribution < -0.4 is 4.74 Å². The van der Waals surface area contributed by atoms with E-state index in [0.717, 1.165) is 16.9 Å². The number of carbonyl (C=O) groups is 1. The van der Waals surface area contributed by atoms with E-state index in [2.05, 4.69) is 6.58 Å². The van der Waals surface area contributed by atoms with Gasteiger partial charge in [0, 0.05) is 19.5 Å². The van der Waals surface area contributed by atoms with E-state index in [1.165, 1.54) is 0 Å². The Morgan fingerprint density at radius 1 is 1.36 bits per heavy atom. The van der Waals surface area contributed by atoms with Gasteiger partial charge in [0.15, 0.2) is 0 Å². The van der Waals surface area contributed by atoms with Crippen molar-refractivity contribution in [1.29, 1.82) is 0 Å². The zero-order valence-corrected chi connectivity index (χ0v) is 15.7. The van der Waals surface area contributed by atoms with Gasteiger partial charge in [-0.2, -0.15) is 0 Å². The highest BCUT2D eigenvalue weighted by atomic mass is 16.6. The van der Waals surface area contributed by atoms with Gasteiger partial charge in [-0.1, -0.05) is 18.7 Å². The van der Waals surface area contributed by atoms with Crippen molar-refractivity contribution in [3.63, 3.8) is 0 Å². The summed E-state index contributed by atoms with van der Waals surface area (Å²) in [4.78, 5) is 13.8. The molecule has 0 bridgehead atoms. The number of piperidine rings is 1. The largest absolute Gasteiger partial charge is 0.496 e. The van der Waals surface area contributed by atoms with Crippen molar-refractivity contribution in [2.75, 3.05) is 20.2 Å². The third-order valence-corrected chi connectivity index (χ3v) is 4.41. The lowest BCUT2D eigenvalue weighted by atomic mass is 9.85. The lowest BCUT2D eigenvalue weighted by molar-refractivity contribution is -0.0317. The maximum absolute atomic E-state index is 12.2. The van der Waals surface area contributed by atoms with E-state index in [0.29, 0.717) is 32.4 Å². The quantitative estimate of drug-likeness (QED) is 0.903. The monoisotopic (exact) mass is 347 g/mol. The lowest BCUT2D eigenvalue weighted by Gasteiger charge is -2.39. The number of rotatable bonds is 4. The van der Waals surface area contributed by atoms with Crippen LogP contribution >= 0.6 is 0 Å². The molecule has 0 radical (unpaired) electrons. The molecule has 1 amide bonds. The Hall–Kier alpha value is -2.01. The summed E-state index contributed by atoms with van der Waals surface area (Å²) in [5.41, 5.74) is 0.577. The third-order valence-electron chi connectivity index (χ3n) is 4.41. The summed E-state index contributed by atoms with van der Waals surface area (Å²) in [6.07, 6.45) is 2.96. The molecule has 1 aliphatic rings. The molecule has 0 atom stereocenters. The van der Waals surface area contributed by atoms with Gasteiger partial charge in [0.05, 0.1) is 12.7 Å². The minimum absolute atomic E-state index is 0.319. The van der Waals surface area contributed by atoms with Crippen molar-refractivity contribution in [1.82, 2.24) is 4.90 Å². The second-order valence-electron chi connectivity index (χ2n) is 7.64. The van der Waals surface area contributed by atoms with E-state index < -0.39 is 11.2 Å². The molecule has 0 saturated carbocycles. The molecule has 2 rings (SSSR count). The van der Waals surface area contributed by atoms with Crippen molar-refractivity contribution in [3.8, 4) is 5.75 Å². The summed E-state index contributed by atoms with van der Waals surface area (Å²) in [5, 5.41) is 11.0. The summed E-state index contributed by atoms with van der Waals surface area (Å²) >= 11 is 0. The number of amides is 1. The molecule has 0 aliphatic carbocycles. The van der Waals surface area contributed by atoms with E-state index >= 15 is 0 Å². The van der Waals surface area contributed by atoms with Gasteiger partial charge in [-0.25, -0.2) is 4.79 Å². The summed E-state index contributed by atoms with van der Waals surface area (Å²) in [6.45, 7) is 10.3. The molecule has 1 aromatic rings. The standard InChI is InChI=1S/C20H29NO4/c1-6-15-7-8-17(24-5)16(13-15)14-20(23)9-11-21(12-10-20)18(22)25-19(2,3)4/h6-8,13,23H,1,9-12,14H2,2-5H3. The van der Waals surface area contributed by atoms with Crippen LogP contribution in [0.2, 0.25) is 0 Å². The molecule has 1 N–H and O–H groups in total. The predicted molar refractivity (Wildman–Crippen MR) is 98.8 cm³/mol. The topological polar surface area (TPSA) is 59.0 Å². The van der Waals surface area contributed by atoms with Gasteiger partial charge in [0.25, 0.3) is 0 Å². The van der Waals surface area contributed by atoms with Crippen LogP contribution in [0.15, 0.2) is 24.8 Å². The number of hydrogen-bond donors (Lipinski definition) is 1. The molecule has 138 valence electrons. The van der Waals surface area contributed by atoms with Crippen molar-refractivity contribution in [2.24, 2.45) is 0 Å². The maximum Gasteiger partial charge on any atom is 0.410 e. The summed E-state index contributed by atoms with van der Waals surface area (Å²) in [5.74, 6) is 0.758. The first-order valence-corrected chi connectivity index (χ1v) is 8.65. The maximum atomic E-state index is 12.2. The zero-order valence-electron chi connectivity index (χ0n) is 15.7. The third kappa shape index (κ3) is 5.23. The van der Waals surface area contributed by atoms with E-state index in [4.69, 9.17) is 9.47 Å². The predicted octanol–water partition coefficient (Wildman–Crippen LogP) is 3.64. The summed E-state index contributed by atoms with van der Waals surface area (Å²) in [7, 11) is 1.63. The minimum Gasteiger partial charge on any atom is -0.496 e. The molecular formula is C20H29NO4. The van der Waals surface area contributed by atoms with Gasteiger partial charge in [-0.3, -0.25) is 0 Å². The Balaban J connectivity index is 2.03. The number of methoxy groups -OCH3 is 1. The number of carbonyl (C=O) groups excluding carboxylic acids is 1. The van der Waals surface area contributed by atoms with Crippen molar-refractivity contribution >= 4 is 12.2 Å². The zero-order chi connectivity index (χ0) is 18.7. The minimum atomic E-state index is -0.856. The van der Waals surface area contributed by atoms with Crippen LogP contribution in [0.5, 0.6) is 5.75 Å². The van der Waals surface area contributed by atoms with Gasteiger partial charge in [-0.05, 0) is 56.9 Å². The number of ether oxygens (including phenoxy) is 2. The number of hydrogen-bond acceptors (Lipinski definition) is 4. The molecular weight excluding hydrogens is 318 g/mol. The smallest absolute Gasteiger partial charge is 0.410 e. The number of likely N-dealkylation sites (tertiary alicyclic amines) is 1. The fourth-order valence-electron chi connectivity index (χ4n) is 3.03. The second-order valence-corrected chi connectivity index (χ2v) is 7.64. The van der Waals surface area contributed by atoms with Crippen LogP contribution in [-0.4, -0.2) is 47.5 Å². The van der Waals surface area contributed by atoms with Crippen molar-refractivity contribution in [2.45, 2.75) is 51.2 Å². The van der Waals surface area contributed by atoms with Crippen molar-refractivity contribution in [3.05, 3.63) is 35.9 Å². The number of nitrogens with zero attached hydrogens (tertiary/aromatic N) is 1. The van der Waals surface area contributed by atoms with E-state index in [1.54, 1.807) is 18.1 Å². The molecule has 1 saturated heterocycles. The molecule has 5 heteroatoms. The first-order valence-electron chi connectivity index (χ1n) is 8.65. The van der Waals surface area contributed by atoms with Crippen LogP contribution in [0.3, 0.4) is 0 Å². The molecule has 1 aromatic carbocycles. The van der Waals surface area contributed by atoms with Gasteiger partial charge in [0.1, 0.15) is 11.4 Å². The second kappa shape index (κ2) is 7.48. The molecule has 25 heavy (non-hydrogen) atoms. The highest BCUT2D eigenvalue weighted by Crippen LogP contribution is 2.31. The van der Waals surface area contributed by atoms with Gasteiger partial charge >= 0.3 is 6.09 Å². The fraction of sp³-hybridized carbons (Fsp3) is 0.550. The summed E-state index contributed by atoms with van der Waals surface area (Å²) in [6, 6.07) is 5.82. The van der Waals surface area contributed by atoms with Gasteiger partial charge < -0.3 is 19.5 Å². The Bertz CT molecular complexity index is 625. The van der Waals surface area contributed by atoms with Crippen LogP contribution in [-0.2, 0) is 11.2 Å². The first-order chi connectivity index (χ1) is 11.7. The molecule has 0 spiro atoms. The highest BCUT2D eigenvalue weighted by molar-refractivity contribution is 5.68. The lowest BCUT2D eigenvalue weighted by Crippen LogP contribution is -2.49. The summed E-state index contributed by atoms with van der Waals surface area (Å²) < 4.78 is 10.8. The Labute approximate surface area is 150 Å². The van der Waals surface area contributed by atoms with Crippen LogP contribution in [0, 0.1) is 0 Å². The highest BCUT2D eigenvalue weighted by Gasteiger charge is 2.36. The number of benzene rings is 1. The molecule has 0 aromatic heterocycles. The van der Waals surface area contributed by atoms with E-state index in [9.17, 15) is 9.90 Å². The van der Waals surface area contributed by atoms with Crippen LogP contribution in [0.25, 0.3) is 6.08 Å². The molecule has 1 heterocycles. The molecule has 1 aliphatic heterocycles. The average Bonchev–Trinajstić information content (AvgIpc) is 2.53. The molecule has 5 nitrogen and oxygen atoms in total. The molecule has 0 unspecified atom stereocenters. The van der Waals surface area contributed by atoms with Crippen molar-refractivity contribution < 1.29 is 19.4 Å². The SMILES string of the molecule is C=Cc1ccc(OC)c(CC2(O)CCN(C(=O)OC(C)(C)C)CC2)c1. The van der Waals surface area contributed by atoms with Crippen LogP contribution in [0.1, 0.15) is 44.7 Å². The van der Waals surface area contributed by atoms with Gasteiger partial charge in [-0.15, -0.1) is 0 Å². The number of aliphatic hydroxyl groups is 1. The Morgan fingerprint density at radius 3 is 2.52 bits per heavy atom. The van der Waals surface area contributed by atoms with E-state index in [-0.39, 0.29) is 6.09 Å². The molecule has 1 fully saturated rings. The van der Waals surface area contributed by atoms with E-state index in [1.807, 2.05) is 39.0 Å². The Morgan fingerprint density at radius 2 is 2.00 bits per heavy atom. The first kappa shape index (κ1) is 19.3. The van der Waals surface area contributed by atoms with Crippen LogP contribution in [0.4, 0.5) is 4.79 Å². The average molecular weight is 347 g/mol. The fourth-order valence-corrected chi connectivity index (χ4v) is 3.03. The van der Waals surface area contributed by atoms with Gasteiger partial charge in [0.2, 0.25) is 0 Å².